The van der Waals surface area contributed by atoms with Crippen LogP contribution in [0.25, 0.3) is 11.3 Å². The van der Waals surface area contributed by atoms with Crippen LogP contribution in [0.1, 0.15) is 13.3 Å². The number of aromatic nitrogens is 1. The Hall–Kier alpha value is -1.95. The lowest BCUT2D eigenvalue weighted by Crippen LogP contribution is -2.31. The SMILES string of the molecule is CC1(C(=O)O)CCN(c2nc(-c3ccc(F)cc3)cs2)C1. The van der Waals surface area contributed by atoms with Crippen LogP contribution in [0.4, 0.5) is 9.52 Å². The van der Waals surface area contributed by atoms with Gasteiger partial charge in [-0.1, -0.05) is 0 Å². The number of carbonyl (C=O) groups is 1. The van der Waals surface area contributed by atoms with Gasteiger partial charge < -0.3 is 10.0 Å². The fraction of sp³-hybridized carbons (Fsp3) is 0.333. The third kappa shape index (κ3) is 2.63. The molecule has 1 unspecified atom stereocenters. The zero-order valence-corrected chi connectivity index (χ0v) is 12.4. The van der Waals surface area contributed by atoms with E-state index in [1.807, 2.05) is 10.3 Å². The summed E-state index contributed by atoms with van der Waals surface area (Å²) in [7, 11) is 0. The number of carboxylic acids is 1. The second-order valence-electron chi connectivity index (χ2n) is 5.56. The molecule has 1 aliphatic heterocycles. The number of benzene rings is 1. The topological polar surface area (TPSA) is 53.4 Å². The number of anilines is 1. The molecule has 1 fully saturated rings. The van der Waals surface area contributed by atoms with E-state index in [9.17, 15) is 14.3 Å². The molecule has 6 heteroatoms. The third-order valence-electron chi connectivity index (χ3n) is 3.89. The Morgan fingerprint density at radius 3 is 2.76 bits per heavy atom. The number of rotatable bonds is 3. The highest BCUT2D eigenvalue weighted by Crippen LogP contribution is 2.36. The van der Waals surface area contributed by atoms with E-state index in [4.69, 9.17) is 0 Å². The molecule has 1 aromatic heterocycles. The highest BCUT2D eigenvalue weighted by molar-refractivity contribution is 7.14. The van der Waals surface area contributed by atoms with Crippen LogP contribution >= 0.6 is 11.3 Å². The number of hydrogen-bond donors (Lipinski definition) is 1. The van der Waals surface area contributed by atoms with Crippen molar-refractivity contribution in [3.63, 3.8) is 0 Å². The van der Waals surface area contributed by atoms with Gasteiger partial charge in [0.1, 0.15) is 5.82 Å². The summed E-state index contributed by atoms with van der Waals surface area (Å²) in [5, 5.41) is 12.0. The molecule has 0 aliphatic carbocycles. The van der Waals surface area contributed by atoms with Gasteiger partial charge in [-0.3, -0.25) is 4.79 Å². The maximum atomic E-state index is 12.9. The first kappa shape index (κ1) is 14.0. The molecule has 4 nitrogen and oxygen atoms in total. The molecule has 3 rings (SSSR count). The summed E-state index contributed by atoms with van der Waals surface area (Å²) in [5.74, 6) is -1.04. The maximum Gasteiger partial charge on any atom is 0.311 e. The van der Waals surface area contributed by atoms with Gasteiger partial charge in [0, 0.05) is 24.0 Å². The lowest BCUT2D eigenvalue weighted by molar-refractivity contribution is -0.146. The van der Waals surface area contributed by atoms with Crippen LogP contribution in [-0.4, -0.2) is 29.1 Å². The van der Waals surface area contributed by atoms with Crippen LogP contribution in [0.5, 0.6) is 0 Å². The van der Waals surface area contributed by atoms with Crippen LogP contribution in [-0.2, 0) is 4.79 Å². The molecular formula is C15H15FN2O2S. The quantitative estimate of drug-likeness (QED) is 0.946. The van der Waals surface area contributed by atoms with Crippen molar-refractivity contribution in [2.45, 2.75) is 13.3 Å². The van der Waals surface area contributed by atoms with E-state index in [-0.39, 0.29) is 5.82 Å². The first-order chi connectivity index (χ1) is 9.98. The molecule has 1 saturated heterocycles. The molecule has 21 heavy (non-hydrogen) atoms. The lowest BCUT2D eigenvalue weighted by atomic mass is 9.90. The molecule has 110 valence electrons. The summed E-state index contributed by atoms with van der Waals surface area (Å²) < 4.78 is 12.9. The zero-order chi connectivity index (χ0) is 15.0. The summed E-state index contributed by atoms with van der Waals surface area (Å²) in [6, 6.07) is 6.20. The van der Waals surface area contributed by atoms with Crippen molar-refractivity contribution < 1.29 is 14.3 Å². The number of aliphatic carboxylic acids is 1. The molecule has 2 aromatic rings. The molecule has 0 radical (unpaired) electrons. The lowest BCUT2D eigenvalue weighted by Gasteiger charge is -2.19. The monoisotopic (exact) mass is 306 g/mol. The maximum absolute atomic E-state index is 12.9. The van der Waals surface area contributed by atoms with Gasteiger partial charge in [0.15, 0.2) is 5.13 Å². The summed E-state index contributed by atoms with van der Waals surface area (Å²) in [6.45, 7) is 2.93. The van der Waals surface area contributed by atoms with E-state index in [1.165, 1.54) is 23.5 Å². The second-order valence-corrected chi connectivity index (χ2v) is 6.40. The number of hydrogen-bond acceptors (Lipinski definition) is 4. The molecule has 1 atom stereocenters. The average Bonchev–Trinajstić information content (AvgIpc) is 3.07. The normalized spacial score (nSPS) is 21.7. The molecule has 1 N–H and O–H groups in total. The van der Waals surface area contributed by atoms with E-state index in [1.54, 1.807) is 19.1 Å². The Morgan fingerprint density at radius 2 is 2.14 bits per heavy atom. The smallest absolute Gasteiger partial charge is 0.311 e. The number of thiazole rings is 1. The molecule has 1 aromatic carbocycles. The van der Waals surface area contributed by atoms with Crippen molar-refractivity contribution in [1.82, 2.24) is 4.98 Å². The minimum absolute atomic E-state index is 0.272. The predicted octanol–water partition coefficient (Wildman–Crippen LogP) is 3.25. The van der Waals surface area contributed by atoms with Gasteiger partial charge in [-0.25, -0.2) is 9.37 Å². The summed E-state index contributed by atoms with van der Waals surface area (Å²) in [4.78, 5) is 17.8. The van der Waals surface area contributed by atoms with Gasteiger partial charge in [0.2, 0.25) is 0 Å². The minimum atomic E-state index is -0.764. The van der Waals surface area contributed by atoms with Crippen LogP contribution in [0.2, 0.25) is 0 Å². The van der Waals surface area contributed by atoms with E-state index < -0.39 is 11.4 Å². The van der Waals surface area contributed by atoms with Gasteiger partial charge in [0.25, 0.3) is 0 Å². The Morgan fingerprint density at radius 1 is 1.43 bits per heavy atom. The molecule has 2 heterocycles. The molecule has 0 bridgehead atoms. The average molecular weight is 306 g/mol. The van der Waals surface area contributed by atoms with Gasteiger partial charge in [-0.2, -0.15) is 0 Å². The van der Waals surface area contributed by atoms with E-state index >= 15 is 0 Å². The van der Waals surface area contributed by atoms with Gasteiger partial charge in [-0.05, 0) is 37.6 Å². The van der Waals surface area contributed by atoms with Gasteiger partial charge in [0.05, 0.1) is 11.1 Å². The highest BCUT2D eigenvalue weighted by atomic mass is 32.1. The van der Waals surface area contributed by atoms with Crippen LogP contribution in [0, 0.1) is 11.2 Å². The fourth-order valence-electron chi connectivity index (χ4n) is 2.46. The Bertz CT molecular complexity index is 671. The Kier molecular flexibility index (Phi) is 3.41. The summed E-state index contributed by atoms with van der Waals surface area (Å²) in [5.41, 5.74) is 0.944. The van der Waals surface area contributed by atoms with Crippen molar-refractivity contribution in [3.05, 3.63) is 35.5 Å². The second kappa shape index (κ2) is 5.11. The first-order valence-electron chi connectivity index (χ1n) is 6.68. The molecule has 0 spiro atoms. The van der Waals surface area contributed by atoms with Crippen molar-refractivity contribution in [1.29, 1.82) is 0 Å². The number of carboxylic acid groups (broad SMARTS) is 1. The van der Waals surface area contributed by atoms with Gasteiger partial charge in [-0.15, -0.1) is 11.3 Å². The van der Waals surface area contributed by atoms with Crippen molar-refractivity contribution in [3.8, 4) is 11.3 Å². The summed E-state index contributed by atoms with van der Waals surface area (Å²) in [6.07, 6.45) is 0.619. The standard InChI is InChI=1S/C15H15FN2O2S/c1-15(13(19)20)6-7-18(9-15)14-17-12(8-21-14)10-2-4-11(16)5-3-10/h2-5,8H,6-7,9H2,1H3,(H,19,20). The Balaban J connectivity index is 1.80. The molecule has 0 amide bonds. The van der Waals surface area contributed by atoms with E-state index in [2.05, 4.69) is 4.98 Å². The predicted molar refractivity (Wildman–Crippen MR) is 80.1 cm³/mol. The zero-order valence-electron chi connectivity index (χ0n) is 11.5. The molecular weight excluding hydrogens is 291 g/mol. The van der Waals surface area contributed by atoms with Crippen molar-refractivity contribution in [2.75, 3.05) is 18.0 Å². The Labute approximate surface area is 125 Å². The first-order valence-corrected chi connectivity index (χ1v) is 7.56. The van der Waals surface area contributed by atoms with Crippen LogP contribution in [0.15, 0.2) is 29.6 Å². The van der Waals surface area contributed by atoms with Crippen molar-refractivity contribution >= 4 is 22.4 Å². The number of halogens is 1. The van der Waals surface area contributed by atoms with Crippen molar-refractivity contribution in [2.24, 2.45) is 5.41 Å². The van der Waals surface area contributed by atoms with E-state index in [0.717, 1.165) is 16.4 Å². The minimum Gasteiger partial charge on any atom is -0.481 e. The number of nitrogens with zero attached hydrogens (tertiary/aromatic N) is 2. The van der Waals surface area contributed by atoms with E-state index in [0.29, 0.717) is 19.5 Å². The fourth-order valence-corrected chi connectivity index (χ4v) is 3.32. The molecule has 1 aliphatic rings. The largest absolute Gasteiger partial charge is 0.481 e. The molecule has 0 saturated carbocycles. The van der Waals surface area contributed by atoms with Crippen LogP contribution < -0.4 is 4.90 Å². The third-order valence-corrected chi connectivity index (χ3v) is 4.79. The van der Waals surface area contributed by atoms with Gasteiger partial charge >= 0.3 is 5.97 Å². The highest BCUT2D eigenvalue weighted by Gasteiger charge is 2.41. The summed E-state index contributed by atoms with van der Waals surface area (Å²) >= 11 is 1.49. The van der Waals surface area contributed by atoms with Crippen LogP contribution in [0.3, 0.4) is 0 Å².